The number of hydrogen-bond donors (Lipinski definition) is 2. The lowest BCUT2D eigenvalue weighted by atomic mass is 10.0. The fourth-order valence-corrected chi connectivity index (χ4v) is 2.09. The summed E-state index contributed by atoms with van der Waals surface area (Å²) >= 11 is 5.65. The molecule has 1 aliphatic heterocycles. The summed E-state index contributed by atoms with van der Waals surface area (Å²) < 4.78 is 27.5. The van der Waals surface area contributed by atoms with Crippen LogP contribution in [0.3, 0.4) is 0 Å². The van der Waals surface area contributed by atoms with E-state index in [1.807, 2.05) is 0 Å². The van der Waals surface area contributed by atoms with E-state index in [0.717, 1.165) is 12.1 Å². The number of carbonyl (C=O) groups is 1. The monoisotopic (exact) mass is 296 g/mol. The maximum Gasteiger partial charge on any atom is 0.251 e. The molecule has 0 saturated carbocycles. The third kappa shape index (κ3) is 2.05. The van der Waals surface area contributed by atoms with Gasteiger partial charge in [0, 0.05) is 0 Å². The number of amides is 1. The Labute approximate surface area is 117 Å². The van der Waals surface area contributed by atoms with E-state index in [-0.39, 0.29) is 16.7 Å². The van der Waals surface area contributed by atoms with Crippen molar-refractivity contribution in [2.75, 3.05) is 10.6 Å². The Bertz CT molecular complexity index is 690. The van der Waals surface area contributed by atoms with Gasteiger partial charge in [0.2, 0.25) is 5.28 Å². The Morgan fingerprint density at radius 1 is 1.25 bits per heavy atom. The van der Waals surface area contributed by atoms with Crippen molar-refractivity contribution < 1.29 is 13.6 Å². The molecule has 0 fully saturated rings. The molecular weight excluding hydrogens is 290 g/mol. The topological polar surface area (TPSA) is 66.9 Å². The number of aromatic nitrogens is 2. The number of halogens is 3. The van der Waals surface area contributed by atoms with E-state index < -0.39 is 23.6 Å². The SMILES string of the molecule is O=C1Nc2cnc(Cl)nc2NC1c1c(F)cccc1F. The van der Waals surface area contributed by atoms with Crippen molar-refractivity contribution in [2.45, 2.75) is 6.04 Å². The molecule has 20 heavy (non-hydrogen) atoms. The predicted molar refractivity (Wildman–Crippen MR) is 68.4 cm³/mol. The first-order valence-corrected chi connectivity index (χ1v) is 5.98. The highest BCUT2D eigenvalue weighted by atomic mass is 35.5. The predicted octanol–water partition coefficient (Wildman–Crippen LogP) is 2.51. The zero-order valence-corrected chi connectivity index (χ0v) is 10.6. The summed E-state index contributed by atoms with van der Waals surface area (Å²) in [6, 6.07) is 2.16. The highest BCUT2D eigenvalue weighted by Crippen LogP contribution is 2.32. The van der Waals surface area contributed by atoms with Crippen LogP contribution in [0.15, 0.2) is 24.4 Å². The molecule has 2 aromatic rings. The second-order valence-electron chi connectivity index (χ2n) is 4.10. The zero-order valence-electron chi connectivity index (χ0n) is 9.82. The molecule has 1 atom stereocenters. The molecule has 2 N–H and O–H groups in total. The van der Waals surface area contributed by atoms with E-state index in [1.165, 1.54) is 12.3 Å². The van der Waals surface area contributed by atoms with Crippen LogP contribution in [0, 0.1) is 11.6 Å². The minimum absolute atomic E-state index is 0.0415. The summed E-state index contributed by atoms with van der Waals surface area (Å²) in [6.07, 6.45) is 1.31. The van der Waals surface area contributed by atoms with E-state index in [1.54, 1.807) is 0 Å². The van der Waals surface area contributed by atoms with Gasteiger partial charge in [-0.2, -0.15) is 4.98 Å². The second kappa shape index (κ2) is 4.68. The number of hydrogen-bond acceptors (Lipinski definition) is 4. The van der Waals surface area contributed by atoms with Crippen molar-refractivity contribution in [3.63, 3.8) is 0 Å². The molecule has 0 spiro atoms. The largest absolute Gasteiger partial charge is 0.353 e. The number of fused-ring (bicyclic) bond motifs is 1. The summed E-state index contributed by atoms with van der Waals surface area (Å²) in [4.78, 5) is 19.5. The highest BCUT2D eigenvalue weighted by molar-refractivity contribution is 6.28. The number of benzene rings is 1. The molecule has 102 valence electrons. The van der Waals surface area contributed by atoms with Crippen LogP contribution in [0.4, 0.5) is 20.3 Å². The Morgan fingerprint density at radius 2 is 1.95 bits per heavy atom. The normalized spacial score (nSPS) is 17.1. The van der Waals surface area contributed by atoms with Crippen LogP contribution in [0.2, 0.25) is 5.28 Å². The molecule has 2 heterocycles. The fraction of sp³-hybridized carbons (Fsp3) is 0.0833. The van der Waals surface area contributed by atoms with Crippen molar-refractivity contribution >= 4 is 29.0 Å². The quantitative estimate of drug-likeness (QED) is 0.794. The maximum absolute atomic E-state index is 13.7. The summed E-state index contributed by atoms with van der Waals surface area (Å²) in [5, 5.41) is 5.09. The average Bonchev–Trinajstić information content (AvgIpc) is 2.39. The summed E-state index contributed by atoms with van der Waals surface area (Å²) in [5.74, 6) is -2.04. The lowest BCUT2D eigenvalue weighted by Crippen LogP contribution is -2.33. The molecule has 1 amide bonds. The molecule has 1 aliphatic rings. The summed E-state index contributed by atoms with van der Waals surface area (Å²) in [5.41, 5.74) is -0.0715. The van der Waals surface area contributed by atoms with Crippen molar-refractivity contribution in [2.24, 2.45) is 0 Å². The third-order valence-electron chi connectivity index (χ3n) is 2.85. The molecule has 0 saturated heterocycles. The van der Waals surface area contributed by atoms with E-state index in [4.69, 9.17) is 11.6 Å². The Hall–Kier alpha value is -2.28. The van der Waals surface area contributed by atoms with Crippen LogP contribution in [0.25, 0.3) is 0 Å². The number of carbonyl (C=O) groups excluding carboxylic acids is 1. The average molecular weight is 297 g/mol. The van der Waals surface area contributed by atoms with E-state index in [0.29, 0.717) is 5.69 Å². The lowest BCUT2D eigenvalue weighted by molar-refractivity contribution is -0.117. The lowest BCUT2D eigenvalue weighted by Gasteiger charge is -2.26. The first-order chi connectivity index (χ1) is 9.56. The summed E-state index contributed by atoms with van der Waals surface area (Å²) in [7, 11) is 0. The van der Waals surface area contributed by atoms with Crippen LogP contribution in [0.1, 0.15) is 11.6 Å². The minimum atomic E-state index is -1.23. The number of nitrogens with one attached hydrogen (secondary N) is 2. The van der Waals surface area contributed by atoms with Crippen LogP contribution in [-0.4, -0.2) is 15.9 Å². The first-order valence-electron chi connectivity index (χ1n) is 5.60. The van der Waals surface area contributed by atoms with Gasteiger partial charge in [0.25, 0.3) is 5.91 Å². The summed E-state index contributed by atoms with van der Waals surface area (Å²) in [6.45, 7) is 0. The molecule has 5 nitrogen and oxygen atoms in total. The maximum atomic E-state index is 13.7. The molecule has 0 bridgehead atoms. The van der Waals surface area contributed by atoms with Gasteiger partial charge >= 0.3 is 0 Å². The van der Waals surface area contributed by atoms with Crippen molar-refractivity contribution in [1.82, 2.24) is 9.97 Å². The standard InChI is InChI=1S/C12H7ClF2N4O/c13-12-16-4-7-10(19-12)18-9(11(20)17-7)8-5(14)2-1-3-6(8)15/h1-4,9H,(H,17,20)(H,16,18,19). The van der Waals surface area contributed by atoms with Gasteiger partial charge in [0.05, 0.1) is 11.8 Å². The Balaban J connectivity index is 2.06. The van der Waals surface area contributed by atoms with E-state index >= 15 is 0 Å². The van der Waals surface area contributed by atoms with Crippen molar-refractivity contribution in [3.8, 4) is 0 Å². The molecule has 0 aliphatic carbocycles. The second-order valence-corrected chi connectivity index (χ2v) is 4.44. The van der Waals surface area contributed by atoms with E-state index in [2.05, 4.69) is 20.6 Å². The number of nitrogens with zero attached hydrogens (tertiary/aromatic N) is 2. The van der Waals surface area contributed by atoms with Gasteiger partial charge in [-0.1, -0.05) is 6.07 Å². The number of rotatable bonds is 1. The Morgan fingerprint density at radius 3 is 2.65 bits per heavy atom. The van der Waals surface area contributed by atoms with Gasteiger partial charge in [-0.3, -0.25) is 4.79 Å². The molecule has 8 heteroatoms. The van der Waals surface area contributed by atoms with Gasteiger partial charge < -0.3 is 10.6 Å². The molecule has 1 aromatic heterocycles. The van der Waals surface area contributed by atoms with Gasteiger partial charge in [-0.05, 0) is 23.7 Å². The van der Waals surface area contributed by atoms with Gasteiger partial charge in [-0.15, -0.1) is 0 Å². The highest BCUT2D eigenvalue weighted by Gasteiger charge is 2.32. The van der Waals surface area contributed by atoms with Crippen LogP contribution >= 0.6 is 11.6 Å². The van der Waals surface area contributed by atoms with Crippen molar-refractivity contribution in [3.05, 3.63) is 46.9 Å². The van der Waals surface area contributed by atoms with Crippen molar-refractivity contribution in [1.29, 1.82) is 0 Å². The molecule has 1 aromatic carbocycles. The van der Waals surface area contributed by atoms with Crippen LogP contribution < -0.4 is 10.6 Å². The van der Waals surface area contributed by atoms with Crippen LogP contribution in [-0.2, 0) is 4.79 Å². The molecular formula is C12H7ClF2N4O. The fourth-order valence-electron chi connectivity index (χ4n) is 1.96. The Kier molecular flexibility index (Phi) is 2.98. The minimum Gasteiger partial charge on any atom is -0.353 e. The van der Waals surface area contributed by atoms with Gasteiger partial charge in [-0.25, -0.2) is 13.8 Å². The van der Waals surface area contributed by atoms with Gasteiger partial charge in [0.15, 0.2) is 5.82 Å². The van der Waals surface area contributed by atoms with Gasteiger partial charge in [0.1, 0.15) is 23.4 Å². The molecule has 3 rings (SSSR count). The first kappa shape index (κ1) is 12.7. The molecule has 1 unspecified atom stereocenters. The number of anilines is 2. The third-order valence-corrected chi connectivity index (χ3v) is 3.03. The van der Waals surface area contributed by atoms with E-state index in [9.17, 15) is 13.6 Å². The van der Waals surface area contributed by atoms with Crippen LogP contribution in [0.5, 0.6) is 0 Å². The zero-order chi connectivity index (χ0) is 14.3. The molecule has 0 radical (unpaired) electrons. The smallest absolute Gasteiger partial charge is 0.251 e.